The Morgan fingerprint density at radius 3 is 2.04 bits per heavy atom. The zero-order chi connectivity index (χ0) is 18.4. The minimum Gasteiger partial charge on any atom is -0.457 e. The summed E-state index contributed by atoms with van der Waals surface area (Å²) in [6.07, 6.45) is 2.16. The van der Waals surface area contributed by atoms with E-state index in [0.717, 1.165) is 24.0 Å². The first-order chi connectivity index (χ1) is 12.7. The van der Waals surface area contributed by atoms with E-state index in [2.05, 4.69) is 0 Å². The third kappa shape index (κ3) is 3.67. The van der Waals surface area contributed by atoms with E-state index in [1.165, 1.54) is 0 Å². The van der Waals surface area contributed by atoms with Crippen LogP contribution in [0.3, 0.4) is 0 Å². The second kappa shape index (κ2) is 8.47. The topological polar surface area (TPSA) is 55.8 Å². The fourth-order valence-corrected chi connectivity index (χ4v) is 3.63. The van der Waals surface area contributed by atoms with Crippen LogP contribution in [0.4, 0.5) is 0 Å². The van der Waals surface area contributed by atoms with Crippen molar-refractivity contribution in [3.63, 3.8) is 0 Å². The van der Waals surface area contributed by atoms with Gasteiger partial charge in [-0.3, -0.25) is 0 Å². The molecular formula is C22H26O4. The first kappa shape index (κ1) is 18.6. The highest BCUT2D eigenvalue weighted by molar-refractivity contribution is 5.86. The van der Waals surface area contributed by atoms with Gasteiger partial charge in [-0.05, 0) is 37.3 Å². The van der Waals surface area contributed by atoms with Gasteiger partial charge in [-0.25, -0.2) is 4.79 Å². The number of ether oxygens (including phenoxy) is 2. The highest BCUT2D eigenvalue weighted by atomic mass is 16.6. The van der Waals surface area contributed by atoms with E-state index in [0.29, 0.717) is 19.4 Å². The number of carbonyl (C=O) groups excluding carboxylic acids is 1. The Morgan fingerprint density at radius 1 is 1.00 bits per heavy atom. The van der Waals surface area contributed by atoms with Gasteiger partial charge in [-0.1, -0.05) is 67.1 Å². The number of aliphatic hydroxyl groups excluding tert-OH is 1. The molecule has 3 rings (SSSR count). The Hall–Kier alpha value is -2.17. The van der Waals surface area contributed by atoms with Crippen molar-refractivity contribution in [3.8, 4) is 0 Å². The molecule has 0 unspecified atom stereocenters. The largest absolute Gasteiger partial charge is 0.457 e. The SMILES string of the molecule is CCOC(C(=O)O[C@@H]1CCCC[C@H]1O)(c1ccccc1)c1ccccc1. The first-order valence-corrected chi connectivity index (χ1v) is 9.32. The van der Waals surface area contributed by atoms with Crippen molar-refractivity contribution in [2.45, 2.75) is 50.4 Å². The Kier molecular flexibility index (Phi) is 6.07. The number of hydrogen-bond donors (Lipinski definition) is 1. The third-order valence-electron chi connectivity index (χ3n) is 4.94. The van der Waals surface area contributed by atoms with Gasteiger partial charge in [-0.15, -0.1) is 0 Å². The molecule has 26 heavy (non-hydrogen) atoms. The zero-order valence-electron chi connectivity index (χ0n) is 15.1. The van der Waals surface area contributed by atoms with Crippen LogP contribution in [0.2, 0.25) is 0 Å². The molecule has 2 aromatic carbocycles. The van der Waals surface area contributed by atoms with E-state index < -0.39 is 23.8 Å². The monoisotopic (exact) mass is 354 g/mol. The number of esters is 1. The van der Waals surface area contributed by atoms with Crippen molar-refractivity contribution in [1.82, 2.24) is 0 Å². The lowest BCUT2D eigenvalue weighted by atomic mass is 9.85. The number of benzene rings is 2. The van der Waals surface area contributed by atoms with Gasteiger partial charge >= 0.3 is 5.97 Å². The molecule has 138 valence electrons. The maximum atomic E-state index is 13.4. The second-order valence-corrected chi connectivity index (χ2v) is 6.64. The van der Waals surface area contributed by atoms with Crippen molar-refractivity contribution in [3.05, 3.63) is 71.8 Å². The van der Waals surface area contributed by atoms with Gasteiger partial charge in [0.2, 0.25) is 5.60 Å². The molecule has 1 aliphatic carbocycles. The summed E-state index contributed by atoms with van der Waals surface area (Å²) in [5.74, 6) is -0.470. The quantitative estimate of drug-likeness (QED) is 0.802. The maximum absolute atomic E-state index is 13.4. The third-order valence-corrected chi connectivity index (χ3v) is 4.94. The van der Waals surface area contributed by atoms with Crippen molar-refractivity contribution in [2.75, 3.05) is 6.61 Å². The molecule has 1 fully saturated rings. The van der Waals surface area contributed by atoms with Crippen LogP contribution in [0, 0.1) is 0 Å². The molecule has 0 aliphatic heterocycles. The van der Waals surface area contributed by atoms with E-state index in [1.54, 1.807) is 0 Å². The summed E-state index contributed by atoms with van der Waals surface area (Å²) in [6, 6.07) is 18.8. The molecule has 4 heteroatoms. The maximum Gasteiger partial charge on any atom is 0.348 e. The van der Waals surface area contributed by atoms with Crippen LogP contribution in [0.15, 0.2) is 60.7 Å². The summed E-state index contributed by atoms with van der Waals surface area (Å²) in [7, 11) is 0. The zero-order valence-corrected chi connectivity index (χ0v) is 15.1. The van der Waals surface area contributed by atoms with Crippen LogP contribution < -0.4 is 0 Å². The smallest absolute Gasteiger partial charge is 0.348 e. The molecular weight excluding hydrogens is 328 g/mol. The van der Waals surface area contributed by atoms with E-state index >= 15 is 0 Å². The molecule has 0 spiro atoms. The minimum atomic E-state index is -1.34. The number of carbonyl (C=O) groups is 1. The van der Waals surface area contributed by atoms with Crippen LogP contribution in [-0.2, 0) is 19.9 Å². The summed E-state index contributed by atoms with van der Waals surface area (Å²) < 4.78 is 11.9. The fraction of sp³-hybridized carbons (Fsp3) is 0.409. The molecule has 2 atom stereocenters. The summed E-state index contributed by atoms with van der Waals surface area (Å²) in [5, 5.41) is 10.2. The molecule has 1 N–H and O–H groups in total. The van der Waals surface area contributed by atoms with E-state index in [-0.39, 0.29) is 0 Å². The van der Waals surface area contributed by atoms with Crippen molar-refractivity contribution in [1.29, 1.82) is 0 Å². The van der Waals surface area contributed by atoms with Gasteiger partial charge in [0.15, 0.2) is 0 Å². The van der Waals surface area contributed by atoms with Crippen LogP contribution in [0.1, 0.15) is 43.7 Å². The molecule has 1 aliphatic rings. The van der Waals surface area contributed by atoms with Gasteiger partial charge in [0.1, 0.15) is 6.10 Å². The number of aliphatic hydroxyl groups is 1. The molecule has 0 radical (unpaired) electrons. The molecule has 0 heterocycles. The summed E-state index contributed by atoms with van der Waals surface area (Å²) in [5.41, 5.74) is 0.112. The van der Waals surface area contributed by atoms with Gasteiger partial charge in [-0.2, -0.15) is 0 Å². The highest BCUT2D eigenvalue weighted by Gasteiger charge is 2.46. The lowest BCUT2D eigenvalue weighted by molar-refractivity contribution is -0.181. The van der Waals surface area contributed by atoms with Crippen molar-refractivity contribution in [2.24, 2.45) is 0 Å². The van der Waals surface area contributed by atoms with Gasteiger partial charge in [0.05, 0.1) is 6.10 Å². The van der Waals surface area contributed by atoms with Crippen LogP contribution in [0.5, 0.6) is 0 Å². The van der Waals surface area contributed by atoms with Gasteiger partial charge < -0.3 is 14.6 Å². The van der Waals surface area contributed by atoms with E-state index in [9.17, 15) is 9.90 Å². The molecule has 2 aromatic rings. The summed E-state index contributed by atoms with van der Waals surface area (Å²) in [6.45, 7) is 2.22. The number of hydrogen-bond acceptors (Lipinski definition) is 4. The molecule has 0 aromatic heterocycles. The predicted octanol–water partition coefficient (Wildman–Crippen LogP) is 3.81. The van der Waals surface area contributed by atoms with Crippen molar-refractivity contribution >= 4 is 5.97 Å². The predicted molar refractivity (Wildman–Crippen MR) is 99.6 cm³/mol. The molecule has 4 nitrogen and oxygen atoms in total. The number of rotatable bonds is 6. The highest BCUT2D eigenvalue weighted by Crippen LogP contribution is 2.36. The van der Waals surface area contributed by atoms with E-state index in [4.69, 9.17) is 9.47 Å². The Labute approximate surface area is 154 Å². The Balaban J connectivity index is 2.03. The molecule has 1 saturated carbocycles. The Morgan fingerprint density at radius 2 is 1.54 bits per heavy atom. The van der Waals surface area contributed by atoms with Crippen LogP contribution in [0.25, 0.3) is 0 Å². The normalized spacial score (nSPS) is 20.5. The lowest BCUT2D eigenvalue weighted by Crippen LogP contribution is -2.45. The van der Waals surface area contributed by atoms with Crippen LogP contribution >= 0.6 is 0 Å². The van der Waals surface area contributed by atoms with Crippen molar-refractivity contribution < 1.29 is 19.4 Å². The average Bonchev–Trinajstić information content (AvgIpc) is 2.69. The van der Waals surface area contributed by atoms with E-state index in [1.807, 2.05) is 67.6 Å². The standard InChI is InChI=1S/C22H26O4/c1-2-25-22(17-11-5-3-6-12-17,18-13-7-4-8-14-18)21(24)26-20-16-10-9-15-19(20)23/h3-8,11-14,19-20,23H,2,9-10,15-16H2,1H3/t19-,20-/m1/s1. The average molecular weight is 354 g/mol. The second-order valence-electron chi connectivity index (χ2n) is 6.64. The lowest BCUT2D eigenvalue weighted by Gasteiger charge is -2.35. The van der Waals surface area contributed by atoms with Gasteiger partial charge in [0.25, 0.3) is 0 Å². The fourth-order valence-electron chi connectivity index (χ4n) is 3.63. The summed E-state index contributed by atoms with van der Waals surface area (Å²) in [4.78, 5) is 13.4. The molecule has 0 amide bonds. The molecule has 0 saturated heterocycles. The van der Waals surface area contributed by atoms with Crippen LogP contribution in [-0.4, -0.2) is 29.9 Å². The first-order valence-electron chi connectivity index (χ1n) is 9.32. The minimum absolute atomic E-state index is 0.353. The summed E-state index contributed by atoms with van der Waals surface area (Å²) >= 11 is 0. The van der Waals surface area contributed by atoms with Gasteiger partial charge in [0, 0.05) is 6.61 Å². The molecule has 0 bridgehead atoms. The Bertz CT molecular complexity index is 659.